The van der Waals surface area contributed by atoms with Crippen LogP contribution in [0.25, 0.3) is 11.2 Å². The summed E-state index contributed by atoms with van der Waals surface area (Å²) in [5, 5.41) is 4.70. The Morgan fingerprint density at radius 3 is 2.68 bits per heavy atom. The lowest BCUT2D eigenvalue weighted by atomic mass is 9.73. The molecule has 3 saturated heterocycles. The van der Waals surface area contributed by atoms with E-state index in [1.807, 2.05) is 31.6 Å². The van der Waals surface area contributed by atoms with Gasteiger partial charge in [0.25, 0.3) is 0 Å². The zero-order valence-electron chi connectivity index (χ0n) is 20.4. The monoisotopic (exact) mass is 602 g/mol. The van der Waals surface area contributed by atoms with E-state index in [-0.39, 0.29) is 28.5 Å². The van der Waals surface area contributed by atoms with E-state index in [0.29, 0.717) is 6.61 Å². The Bertz CT molecular complexity index is 1060. The number of nitrogens with one attached hydrogen (secondary N) is 1. The summed E-state index contributed by atoms with van der Waals surface area (Å²) < 4.78 is 30.8. The Morgan fingerprint density at radius 1 is 1.24 bits per heavy atom. The third-order valence-electron chi connectivity index (χ3n) is 7.41. The van der Waals surface area contributed by atoms with Gasteiger partial charge in [0.2, 0.25) is 0 Å². The summed E-state index contributed by atoms with van der Waals surface area (Å²) in [5.74, 6) is 0.880. The number of aromatic nitrogens is 4. The number of hydrogen-bond donors (Lipinski definition) is 1. The fourth-order valence-electron chi connectivity index (χ4n) is 5.27. The molecule has 3 fully saturated rings. The molecule has 0 radical (unpaired) electrons. The minimum atomic E-state index is -1.13. The number of fused-ring (bicyclic) bond motifs is 1. The molecule has 4 atom stereocenters. The average molecular weight is 603 g/mol. The maximum absolute atomic E-state index is 12.9. The Morgan fingerprint density at radius 2 is 2.00 bits per heavy atom. The van der Waals surface area contributed by atoms with Crippen LogP contribution in [0.3, 0.4) is 0 Å². The molecule has 11 heteroatoms. The molecule has 0 amide bonds. The van der Waals surface area contributed by atoms with Gasteiger partial charge in [-0.1, -0.05) is 0 Å². The highest BCUT2D eigenvalue weighted by molar-refractivity contribution is 14.1. The summed E-state index contributed by atoms with van der Waals surface area (Å²) in [7, 11) is -1.13. The minimum absolute atomic E-state index is 0.0125. The zero-order valence-corrected chi connectivity index (χ0v) is 23.4. The summed E-state index contributed by atoms with van der Waals surface area (Å²) in [5.41, 5.74) is 1.62. The van der Waals surface area contributed by atoms with Gasteiger partial charge in [0.05, 0.1) is 40.7 Å². The van der Waals surface area contributed by atoms with Crippen molar-refractivity contribution in [2.75, 3.05) is 31.2 Å². The van der Waals surface area contributed by atoms with Gasteiger partial charge in [0.15, 0.2) is 15.6 Å². The number of piperidine rings is 1. The van der Waals surface area contributed by atoms with Crippen LogP contribution >= 0.6 is 22.6 Å². The fraction of sp³-hybridized carbons (Fsp3) is 0.783. The molecule has 1 N–H and O–H groups in total. The summed E-state index contributed by atoms with van der Waals surface area (Å²) in [4.78, 5) is 12.0. The molecule has 1 spiro atoms. The topological polar surface area (TPSA) is 94.4 Å². The first-order chi connectivity index (χ1) is 16.2. The normalized spacial score (nSPS) is 28.6. The molecule has 0 saturated carbocycles. The van der Waals surface area contributed by atoms with Crippen LogP contribution in [0.5, 0.6) is 0 Å². The number of anilines is 1. The van der Waals surface area contributed by atoms with Crippen LogP contribution in [0.2, 0.25) is 0 Å². The van der Waals surface area contributed by atoms with Crippen molar-refractivity contribution in [2.45, 2.75) is 82.9 Å². The van der Waals surface area contributed by atoms with E-state index >= 15 is 0 Å². The van der Waals surface area contributed by atoms with Crippen molar-refractivity contribution in [3.8, 4) is 0 Å². The van der Waals surface area contributed by atoms with Crippen LogP contribution in [-0.4, -0.2) is 67.2 Å². The molecule has 2 unspecified atom stereocenters. The Balaban J connectivity index is 1.34. The lowest BCUT2D eigenvalue weighted by molar-refractivity contribution is -0.0372. The van der Waals surface area contributed by atoms with Crippen molar-refractivity contribution in [3.63, 3.8) is 0 Å². The quantitative estimate of drug-likeness (QED) is 0.535. The van der Waals surface area contributed by atoms with E-state index in [1.165, 1.54) is 0 Å². The van der Waals surface area contributed by atoms with Gasteiger partial charge in [-0.25, -0.2) is 23.6 Å². The van der Waals surface area contributed by atoms with Crippen LogP contribution in [0, 0.1) is 9.12 Å². The Labute approximate surface area is 217 Å². The third-order valence-corrected chi connectivity index (χ3v) is 9.72. The largest absolute Gasteiger partial charge is 0.376 e. The lowest BCUT2D eigenvalue weighted by Gasteiger charge is -2.43. The summed E-state index contributed by atoms with van der Waals surface area (Å²) in [6.45, 7) is 11.3. The second kappa shape index (κ2) is 9.53. The molecule has 9 nitrogen and oxygen atoms in total. The Kier molecular flexibility index (Phi) is 6.95. The number of ether oxygens (including phenoxy) is 2. The number of hydrogen-bond acceptors (Lipinski definition) is 7. The summed E-state index contributed by atoms with van der Waals surface area (Å²) >= 11 is 2.23. The molecule has 188 valence electrons. The first-order valence-electron chi connectivity index (χ1n) is 12.2. The van der Waals surface area contributed by atoms with Crippen LogP contribution in [-0.2, 0) is 20.5 Å². The molecule has 0 bridgehead atoms. The van der Waals surface area contributed by atoms with E-state index in [2.05, 4.69) is 39.1 Å². The van der Waals surface area contributed by atoms with Crippen LogP contribution in [0.15, 0.2) is 6.20 Å². The van der Waals surface area contributed by atoms with E-state index in [0.717, 1.165) is 72.5 Å². The standard InChI is InChI=1S/C23H35IN6O3S/c1-15-19(28-34(31)22(2,3)4)23(14-33-15)8-10-29(11-9-23)16-13-25-18-20(24)27-30(21(18)26-16)17-7-5-6-12-32-17/h13,15,17,19,28H,5-12,14H2,1-4H3/t15-,17?,19+,34?/m0/s1. The van der Waals surface area contributed by atoms with Crippen molar-refractivity contribution >= 4 is 50.6 Å². The fourth-order valence-corrected chi connectivity index (χ4v) is 6.90. The molecule has 2 aromatic rings. The van der Waals surface area contributed by atoms with Gasteiger partial charge in [-0.05, 0) is 82.4 Å². The van der Waals surface area contributed by atoms with Gasteiger partial charge in [0.1, 0.15) is 11.3 Å². The van der Waals surface area contributed by atoms with Gasteiger partial charge < -0.3 is 14.4 Å². The minimum Gasteiger partial charge on any atom is -0.376 e. The smallest absolute Gasteiger partial charge is 0.182 e. The maximum Gasteiger partial charge on any atom is 0.182 e. The molecule has 5 heterocycles. The van der Waals surface area contributed by atoms with Crippen molar-refractivity contribution in [2.24, 2.45) is 5.41 Å². The summed E-state index contributed by atoms with van der Waals surface area (Å²) in [6, 6.07) is 0.0785. The SMILES string of the molecule is C[C@@H]1OCC2(CCN(c3cnc4c(I)nn(C5CCCCO5)c4n3)CC2)[C@@H]1NS(=O)C(C)(C)C. The van der Waals surface area contributed by atoms with Gasteiger partial charge in [-0.2, -0.15) is 5.10 Å². The molecule has 0 aliphatic carbocycles. The van der Waals surface area contributed by atoms with E-state index in [9.17, 15) is 4.21 Å². The van der Waals surface area contributed by atoms with Crippen LogP contribution < -0.4 is 9.62 Å². The van der Waals surface area contributed by atoms with Gasteiger partial charge in [0, 0.05) is 25.1 Å². The number of halogens is 1. The molecule has 5 rings (SSSR count). The highest BCUT2D eigenvalue weighted by Crippen LogP contribution is 2.43. The second-order valence-corrected chi connectivity index (χ2v) is 13.8. The molecule has 2 aromatic heterocycles. The molecule has 34 heavy (non-hydrogen) atoms. The second-order valence-electron chi connectivity index (χ2n) is 10.8. The van der Waals surface area contributed by atoms with Gasteiger partial charge in [-0.15, -0.1) is 0 Å². The molecular formula is C23H35IN6O3S. The zero-order chi connectivity index (χ0) is 24.1. The first kappa shape index (κ1) is 24.8. The highest BCUT2D eigenvalue weighted by atomic mass is 127. The third kappa shape index (κ3) is 4.62. The maximum atomic E-state index is 12.9. The average Bonchev–Trinajstić information content (AvgIpc) is 3.31. The highest BCUT2D eigenvalue weighted by Gasteiger charge is 2.50. The number of rotatable bonds is 4. The van der Waals surface area contributed by atoms with Crippen LogP contribution in [0.1, 0.15) is 66.0 Å². The molecular weight excluding hydrogens is 567 g/mol. The van der Waals surface area contributed by atoms with Crippen molar-refractivity contribution in [1.29, 1.82) is 0 Å². The molecule has 0 aromatic carbocycles. The lowest BCUT2D eigenvalue weighted by Crippen LogP contribution is -2.55. The number of nitrogens with zero attached hydrogens (tertiary/aromatic N) is 5. The molecule has 3 aliphatic heterocycles. The van der Waals surface area contributed by atoms with Crippen molar-refractivity contribution in [1.82, 2.24) is 24.5 Å². The predicted octanol–water partition coefficient (Wildman–Crippen LogP) is 3.56. The van der Waals surface area contributed by atoms with E-state index in [4.69, 9.17) is 24.5 Å². The first-order valence-corrected chi connectivity index (χ1v) is 14.5. The summed E-state index contributed by atoms with van der Waals surface area (Å²) in [6.07, 6.45) is 6.95. The Hall–Kier alpha value is -0.890. The predicted molar refractivity (Wildman–Crippen MR) is 141 cm³/mol. The van der Waals surface area contributed by atoms with E-state index in [1.54, 1.807) is 0 Å². The van der Waals surface area contributed by atoms with Crippen LogP contribution in [0.4, 0.5) is 5.82 Å². The molecule has 3 aliphatic rings. The van der Waals surface area contributed by atoms with E-state index < -0.39 is 11.0 Å². The van der Waals surface area contributed by atoms with Crippen molar-refractivity contribution < 1.29 is 13.7 Å². The van der Waals surface area contributed by atoms with Gasteiger partial charge >= 0.3 is 0 Å². The van der Waals surface area contributed by atoms with Gasteiger partial charge in [-0.3, -0.25) is 0 Å². The van der Waals surface area contributed by atoms with Crippen molar-refractivity contribution in [3.05, 3.63) is 9.90 Å².